The Bertz CT molecular complexity index is 729. The van der Waals surface area contributed by atoms with Gasteiger partial charge in [0.05, 0.1) is 6.20 Å². The van der Waals surface area contributed by atoms with Crippen LogP contribution < -0.4 is 4.90 Å². The molecule has 2 aromatic rings. The van der Waals surface area contributed by atoms with Gasteiger partial charge in [-0.25, -0.2) is 4.98 Å². The first kappa shape index (κ1) is 12.8. The number of carbonyl (C=O) groups is 1. The molecule has 1 amide bonds. The number of aryl methyl sites for hydroxylation is 1. The number of rotatable bonds is 1. The summed E-state index contributed by atoms with van der Waals surface area (Å²) in [6.07, 6.45) is 3.27. The van der Waals surface area contributed by atoms with Crippen LogP contribution in [0.2, 0.25) is 5.28 Å². The minimum atomic E-state index is 0.232. The molecule has 0 saturated carbocycles. The Labute approximate surface area is 126 Å². The number of nitrogens with zero attached hydrogens (tertiary/aromatic N) is 6. The molecular weight excluding hydrogens is 292 g/mol. The van der Waals surface area contributed by atoms with E-state index in [0.717, 1.165) is 42.9 Å². The van der Waals surface area contributed by atoms with E-state index in [0.29, 0.717) is 6.42 Å². The molecule has 1 atom stereocenters. The summed E-state index contributed by atoms with van der Waals surface area (Å²) < 4.78 is 1.77. The van der Waals surface area contributed by atoms with E-state index in [1.807, 2.05) is 11.9 Å². The number of halogens is 1. The molecule has 1 unspecified atom stereocenters. The van der Waals surface area contributed by atoms with Gasteiger partial charge in [0.2, 0.25) is 11.2 Å². The Morgan fingerprint density at radius 2 is 2.19 bits per heavy atom. The lowest BCUT2D eigenvalue weighted by Gasteiger charge is -2.38. The molecule has 0 aliphatic carbocycles. The quantitative estimate of drug-likeness (QED) is 0.730. The highest BCUT2D eigenvalue weighted by Gasteiger charge is 2.36. The molecule has 110 valence electrons. The molecular formula is C13H15ClN6O. The molecule has 2 aliphatic heterocycles. The monoisotopic (exact) mass is 306 g/mol. The van der Waals surface area contributed by atoms with Crippen molar-refractivity contribution >= 4 is 34.4 Å². The molecule has 4 heterocycles. The molecule has 21 heavy (non-hydrogen) atoms. The lowest BCUT2D eigenvalue weighted by atomic mass is 10.1. The lowest BCUT2D eigenvalue weighted by Crippen LogP contribution is -2.51. The Morgan fingerprint density at radius 3 is 3.05 bits per heavy atom. The van der Waals surface area contributed by atoms with Crippen LogP contribution in [-0.2, 0) is 11.8 Å². The third-order valence-electron chi connectivity index (χ3n) is 4.34. The van der Waals surface area contributed by atoms with Crippen LogP contribution in [0.15, 0.2) is 6.20 Å². The number of hydrogen-bond acceptors (Lipinski definition) is 5. The van der Waals surface area contributed by atoms with E-state index in [1.165, 1.54) is 0 Å². The maximum absolute atomic E-state index is 11.8. The van der Waals surface area contributed by atoms with Crippen molar-refractivity contribution in [2.24, 2.45) is 7.05 Å². The summed E-state index contributed by atoms with van der Waals surface area (Å²) in [4.78, 5) is 24.6. The van der Waals surface area contributed by atoms with E-state index in [2.05, 4.69) is 20.0 Å². The predicted molar refractivity (Wildman–Crippen MR) is 78.3 cm³/mol. The topological polar surface area (TPSA) is 67.2 Å². The van der Waals surface area contributed by atoms with Gasteiger partial charge in [-0.1, -0.05) is 0 Å². The van der Waals surface area contributed by atoms with Gasteiger partial charge in [0.1, 0.15) is 11.0 Å². The minimum absolute atomic E-state index is 0.232. The highest BCUT2D eigenvalue weighted by Crippen LogP contribution is 2.29. The lowest BCUT2D eigenvalue weighted by molar-refractivity contribution is -0.129. The van der Waals surface area contributed by atoms with Gasteiger partial charge in [0.25, 0.3) is 0 Å². The van der Waals surface area contributed by atoms with Crippen molar-refractivity contribution in [3.8, 4) is 0 Å². The fourth-order valence-corrected chi connectivity index (χ4v) is 3.48. The Hall–Kier alpha value is -1.89. The molecule has 0 radical (unpaired) electrons. The van der Waals surface area contributed by atoms with E-state index in [9.17, 15) is 4.79 Å². The maximum atomic E-state index is 11.8. The summed E-state index contributed by atoms with van der Waals surface area (Å²) in [6, 6.07) is 0.281. The molecule has 0 bridgehead atoms. The molecule has 2 aliphatic rings. The minimum Gasteiger partial charge on any atom is -0.351 e. The van der Waals surface area contributed by atoms with Gasteiger partial charge < -0.3 is 9.80 Å². The maximum Gasteiger partial charge on any atom is 0.225 e. The van der Waals surface area contributed by atoms with Crippen molar-refractivity contribution in [2.45, 2.75) is 18.9 Å². The fraction of sp³-hybridized carbons (Fsp3) is 0.538. The summed E-state index contributed by atoms with van der Waals surface area (Å²) in [5.41, 5.74) is 1.63. The first-order valence-corrected chi connectivity index (χ1v) is 7.41. The second-order valence-corrected chi connectivity index (χ2v) is 5.88. The number of hydrogen-bond donors (Lipinski definition) is 0. The summed E-state index contributed by atoms with van der Waals surface area (Å²) >= 11 is 6.04. The molecule has 2 fully saturated rings. The number of fused-ring (bicyclic) bond motifs is 2. The molecule has 8 heteroatoms. The summed E-state index contributed by atoms with van der Waals surface area (Å²) in [5, 5.41) is 4.47. The van der Waals surface area contributed by atoms with E-state index >= 15 is 0 Å². The summed E-state index contributed by atoms with van der Waals surface area (Å²) in [7, 11) is 1.87. The largest absolute Gasteiger partial charge is 0.351 e. The second kappa shape index (κ2) is 4.56. The number of piperazine rings is 1. The third kappa shape index (κ3) is 1.95. The Kier molecular flexibility index (Phi) is 2.78. The normalized spacial score (nSPS) is 22.2. The third-order valence-corrected chi connectivity index (χ3v) is 4.51. The second-order valence-electron chi connectivity index (χ2n) is 5.54. The van der Waals surface area contributed by atoms with Crippen molar-refractivity contribution in [1.29, 1.82) is 0 Å². The highest BCUT2D eigenvalue weighted by atomic mass is 35.5. The van der Waals surface area contributed by atoms with Crippen LogP contribution in [0.4, 0.5) is 5.82 Å². The zero-order valence-corrected chi connectivity index (χ0v) is 12.4. The number of carbonyl (C=O) groups excluding carboxylic acids is 1. The summed E-state index contributed by atoms with van der Waals surface area (Å²) in [5.74, 6) is 1.08. The van der Waals surface area contributed by atoms with E-state index in [-0.39, 0.29) is 17.2 Å². The zero-order chi connectivity index (χ0) is 14.6. The van der Waals surface area contributed by atoms with Crippen LogP contribution in [0.3, 0.4) is 0 Å². The predicted octanol–water partition coefficient (Wildman–Crippen LogP) is 0.828. The van der Waals surface area contributed by atoms with Crippen LogP contribution >= 0.6 is 11.6 Å². The van der Waals surface area contributed by atoms with Crippen molar-refractivity contribution in [2.75, 3.05) is 24.5 Å². The van der Waals surface area contributed by atoms with Crippen LogP contribution in [0, 0.1) is 0 Å². The molecule has 2 saturated heterocycles. The van der Waals surface area contributed by atoms with Crippen molar-refractivity contribution < 1.29 is 4.79 Å². The Balaban J connectivity index is 1.74. The average Bonchev–Trinajstić information content (AvgIpc) is 3.02. The number of amides is 1. The van der Waals surface area contributed by atoms with Gasteiger partial charge in [-0.2, -0.15) is 10.1 Å². The zero-order valence-electron chi connectivity index (χ0n) is 11.7. The Morgan fingerprint density at radius 1 is 1.33 bits per heavy atom. The summed E-state index contributed by atoms with van der Waals surface area (Å²) in [6.45, 7) is 2.29. The van der Waals surface area contributed by atoms with Gasteiger partial charge >= 0.3 is 0 Å². The van der Waals surface area contributed by atoms with Gasteiger partial charge in [-0.3, -0.25) is 9.48 Å². The number of anilines is 1. The average molecular weight is 307 g/mol. The standard InChI is InChI=1S/C13H15ClN6O/c1-18-11-9(6-15-18)16-13(14)17-12(11)19-4-5-20-8(7-19)2-3-10(20)21/h6,8H,2-5,7H2,1H3. The van der Waals surface area contributed by atoms with Crippen molar-refractivity contribution in [3.63, 3.8) is 0 Å². The van der Waals surface area contributed by atoms with Gasteiger partial charge in [-0.15, -0.1) is 0 Å². The fourth-order valence-electron chi connectivity index (χ4n) is 3.31. The van der Waals surface area contributed by atoms with Gasteiger partial charge in [-0.05, 0) is 18.0 Å². The van der Waals surface area contributed by atoms with Gasteiger partial charge in [0, 0.05) is 39.1 Å². The molecule has 7 nitrogen and oxygen atoms in total. The molecule has 0 N–H and O–H groups in total. The van der Waals surface area contributed by atoms with Crippen LogP contribution in [-0.4, -0.2) is 56.2 Å². The molecule has 4 rings (SSSR count). The highest BCUT2D eigenvalue weighted by molar-refractivity contribution is 6.28. The smallest absolute Gasteiger partial charge is 0.225 e. The molecule has 2 aromatic heterocycles. The molecule has 0 aromatic carbocycles. The first-order valence-electron chi connectivity index (χ1n) is 7.03. The van der Waals surface area contributed by atoms with Crippen LogP contribution in [0.1, 0.15) is 12.8 Å². The van der Waals surface area contributed by atoms with E-state index in [4.69, 9.17) is 11.6 Å². The van der Waals surface area contributed by atoms with Crippen molar-refractivity contribution in [3.05, 3.63) is 11.5 Å². The van der Waals surface area contributed by atoms with Gasteiger partial charge in [0.15, 0.2) is 5.82 Å². The van der Waals surface area contributed by atoms with Crippen LogP contribution in [0.5, 0.6) is 0 Å². The number of aromatic nitrogens is 4. The van der Waals surface area contributed by atoms with Crippen LogP contribution in [0.25, 0.3) is 11.0 Å². The van der Waals surface area contributed by atoms with E-state index in [1.54, 1.807) is 10.9 Å². The van der Waals surface area contributed by atoms with E-state index < -0.39 is 0 Å². The SMILES string of the molecule is Cn1ncc2nc(Cl)nc(N3CCN4C(=O)CCC4C3)c21. The first-order chi connectivity index (χ1) is 10.1. The molecule has 0 spiro atoms. The van der Waals surface area contributed by atoms with Crippen molar-refractivity contribution in [1.82, 2.24) is 24.6 Å².